The van der Waals surface area contributed by atoms with Crippen molar-refractivity contribution in [3.05, 3.63) is 23.0 Å². The minimum atomic E-state index is -3.70. The van der Waals surface area contributed by atoms with E-state index < -0.39 is 15.9 Å². The van der Waals surface area contributed by atoms with Gasteiger partial charge in [-0.15, -0.1) is 0 Å². The van der Waals surface area contributed by atoms with Crippen LogP contribution in [-0.2, 0) is 26.6 Å². The molecule has 1 aromatic heterocycles. The lowest BCUT2D eigenvalue weighted by molar-refractivity contribution is -0.114. The summed E-state index contributed by atoms with van der Waals surface area (Å²) in [5.41, 5.74) is 2.51. The standard InChI is InChI=1S/C15H23N3O4S/c1-11-14(12(2)18(3)16-11)7-8-15(19)17-23(20,21)10-13-6-4-5-9-22-13/h7-8,13H,4-6,9-10H2,1-3H3,(H,17,19)/b8-7+/t13-/m0/s1. The maximum atomic E-state index is 12.0. The van der Waals surface area contributed by atoms with Crippen LogP contribution in [0.25, 0.3) is 6.08 Å². The maximum absolute atomic E-state index is 12.0. The lowest BCUT2D eigenvalue weighted by Gasteiger charge is -2.22. The van der Waals surface area contributed by atoms with Crippen molar-refractivity contribution in [3.8, 4) is 0 Å². The van der Waals surface area contributed by atoms with Gasteiger partial charge in [0.1, 0.15) is 0 Å². The van der Waals surface area contributed by atoms with Crippen LogP contribution in [0.4, 0.5) is 0 Å². The van der Waals surface area contributed by atoms with Crippen molar-refractivity contribution in [2.75, 3.05) is 12.4 Å². The van der Waals surface area contributed by atoms with E-state index in [1.165, 1.54) is 6.08 Å². The predicted molar refractivity (Wildman–Crippen MR) is 87.2 cm³/mol. The second kappa shape index (κ2) is 7.27. The number of rotatable bonds is 5. The summed E-state index contributed by atoms with van der Waals surface area (Å²) in [6.45, 7) is 4.30. The fraction of sp³-hybridized carbons (Fsp3) is 0.600. The van der Waals surface area contributed by atoms with Gasteiger partial charge in [-0.05, 0) is 39.2 Å². The van der Waals surface area contributed by atoms with Gasteiger partial charge in [-0.3, -0.25) is 9.48 Å². The average molecular weight is 341 g/mol. The molecule has 0 aliphatic carbocycles. The third-order valence-corrected chi connectivity index (χ3v) is 5.22. The molecule has 0 bridgehead atoms. The molecule has 1 N–H and O–H groups in total. The summed E-state index contributed by atoms with van der Waals surface area (Å²) >= 11 is 0. The summed E-state index contributed by atoms with van der Waals surface area (Å²) in [7, 11) is -1.88. The van der Waals surface area contributed by atoms with Gasteiger partial charge in [-0.2, -0.15) is 5.10 Å². The number of sulfonamides is 1. The maximum Gasteiger partial charge on any atom is 0.257 e. The van der Waals surface area contributed by atoms with Crippen LogP contribution in [0.2, 0.25) is 0 Å². The number of hydrogen-bond donors (Lipinski definition) is 1. The number of aryl methyl sites for hydroxylation is 2. The highest BCUT2D eigenvalue weighted by Crippen LogP contribution is 2.15. The van der Waals surface area contributed by atoms with Gasteiger partial charge in [0.15, 0.2) is 0 Å². The van der Waals surface area contributed by atoms with Crippen LogP contribution in [0.15, 0.2) is 6.08 Å². The Balaban J connectivity index is 1.96. The van der Waals surface area contributed by atoms with Crippen molar-refractivity contribution in [1.82, 2.24) is 14.5 Å². The van der Waals surface area contributed by atoms with Crippen LogP contribution in [0.5, 0.6) is 0 Å². The first-order valence-electron chi connectivity index (χ1n) is 7.63. The van der Waals surface area contributed by atoms with Crippen LogP contribution in [0.1, 0.15) is 36.2 Å². The number of nitrogens with one attached hydrogen (secondary N) is 1. The van der Waals surface area contributed by atoms with Crippen molar-refractivity contribution < 1.29 is 17.9 Å². The van der Waals surface area contributed by atoms with E-state index in [4.69, 9.17) is 4.74 Å². The average Bonchev–Trinajstić information content (AvgIpc) is 2.70. The number of aromatic nitrogens is 2. The highest BCUT2D eigenvalue weighted by molar-refractivity contribution is 7.90. The van der Waals surface area contributed by atoms with Crippen molar-refractivity contribution in [2.24, 2.45) is 7.05 Å². The summed E-state index contributed by atoms with van der Waals surface area (Å²) in [6, 6.07) is 0. The molecule has 1 aliphatic rings. The molecule has 0 unspecified atom stereocenters. The molecule has 1 fully saturated rings. The molecule has 1 atom stereocenters. The third kappa shape index (κ3) is 4.90. The van der Waals surface area contributed by atoms with E-state index in [1.54, 1.807) is 10.8 Å². The van der Waals surface area contributed by atoms with E-state index in [1.807, 2.05) is 20.9 Å². The van der Waals surface area contributed by atoms with Crippen LogP contribution < -0.4 is 4.72 Å². The summed E-state index contributed by atoms with van der Waals surface area (Å²) < 4.78 is 33.2. The quantitative estimate of drug-likeness (QED) is 0.809. The van der Waals surface area contributed by atoms with Crippen molar-refractivity contribution in [1.29, 1.82) is 0 Å². The molecule has 0 aromatic carbocycles. The second-order valence-electron chi connectivity index (χ2n) is 5.78. The van der Waals surface area contributed by atoms with Gasteiger partial charge >= 0.3 is 0 Å². The summed E-state index contributed by atoms with van der Waals surface area (Å²) in [6.07, 6.45) is 5.08. The number of amides is 1. The van der Waals surface area contributed by atoms with Crippen LogP contribution in [0.3, 0.4) is 0 Å². The van der Waals surface area contributed by atoms with E-state index in [0.717, 1.165) is 29.8 Å². The zero-order valence-corrected chi connectivity index (χ0v) is 14.5. The Morgan fingerprint density at radius 2 is 2.17 bits per heavy atom. The number of ether oxygens (including phenoxy) is 1. The molecule has 1 aliphatic heterocycles. The highest BCUT2D eigenvalue weighted by atomic mass is 32.2. The topological polar surface area (TPSA) is 90.3 Å². The molecule has 1 saturated heterocycles. The zero-order valence-electron chi connectivity index (χ0n) is 13.7. The first kappa shape index (κ1) is 17.7. The monoisotopic (exact) mass is 341 g/mol. The highest BCUT2D eigenvalue weighted by Gasteiger charge is 2.23. The van der Waals surface area contributed by atoms with Crippen LogP contribution in [-0.4, -0.2) is 42.6 Å². The first-order valence-corrected chi connectivity index (χ1v) is 9.28. The number of carbonyl (C=O) groups excluding carboxylic acids is 1. The fourth-order valence-corrected chi connectivity index (χ4v) is 3.81. The SMILES string of the molecule is Cc1nn(C)c(C)c1/C=C/C(=O)NS(=O)(=O)C[C@@H]1CCCCO1. The van der Waals surface area contributed by atoms with Crippen molar-refractivity contribution in [3.63, 3.8) is 0 Å². The molecule has 0 spiro atoms. The van der Waals surface area contributed by atoms with Crippen LogP contribution in [0, 0.1) is 13.8 Å². The van der Waals surface area contributed by atoms with Crippen molar-refractivity contribution >= 4 is 22.0 Å². The van der Waals surface area contributed by atoms with E-state index in [9.17, 15) is 13.2 Å². The Hall–Kier alpha value is -1.67. The summed E-state index contributed by atoms with van der Waals surface area (Å²) in [4.78, 5) is 11.9. The molecule has 23 heavy (non-hydrogen) atoms. The summed E-state index contributed by atoms with van der Waals surface area (Å²) in [5, 5.41) is 4.24. The Morgan fingerprint density at radius 1 is 1.43 bits per heavy atom. The zero-order chi connectivity index (χ0) is 17.0. The normalized spacial score (nSPS) is 19.2. The minimum Gasteiger partial charge on any atom is -0.377 e. The van der Waals surface area contributed by atoms with E-state index in [0.29, 0.717) is 13.0 Å². The molecular formula is C15H23N3O4S. The smallest absolute Gasteiger partial charge is 0.257 e. The molecule has 1 aromatic rings. The largest absolute Gasteiger partial charge is 0.377 e. The number of hydrogen-bond acceptors (Lipinski definition) is 5. The van der Waals surface area contributed by atoms with E-state index in [-0.39, 0.29) is 11.9 Å². The van der Waals surface area contributed by atoms with Gasteiger partial charge in [0, 0.05) is 31.0 Å². The lowest BCUT2D eigenvalue weighted by atomic mass is 10.1. The Bertz CT molecular complexity index is 701. The minimum absolute atomic E-state index is 0.183. The van der Waals surface area contributed by atoms with Gasteiger partial charge in [0.05, 0.1) is 17.6 Å². The first-order chi connectivity index (χ1) is 10.8. The fourth-order valence-electron chi connectivity index (χ4n) is 2.60. The molecular weight excluding hydrogens is 318 g/mol. The molecule has 2 rings (SSSR count). The van der Waals surface area contributed by atoms with Crippen molar-refractivity contribution in [2.45, 2.75) is 39.2 Å². The van der Waals surface area contributed by atoms with E-state index >= 15 is 0 Å². The number of carbonyl (C=O) groups is 1. The van der Waals surface area contributed by atoms with Gasteiger partial charge in [0.25, 0.3) is 5.91 Å². The van der Waals surface area contributed by atoms with E-state index in [2.05, 4.69) is 9.82 Å². The van der Waals surface area contributed by atoms with Gasteiger partial charge in [0.2, 0.25) is 10.0 Å². The second-order valence-corrected chi connectivity index (χ2v) is 7.54. The molecule has 0 radical (unpaired) electrons. The van der Waals surface area contributed by atoms with Gasteiger partial charge in [-0.25, -0.2) is 13.1 Å². The predicted octanol–water partition coefficient (Wildman–Crippen LogP) is 1.07. The molecule has 8 heteroatoms. The molecule has 7 nitrogen and oxygen atoms in total. The lowest BCUT2D eigenvalue weighted by Crippen LogP contribution is -2.37. The van der Waals surface area contributed by atoms with Gasteiger partial charge < -0.3 is 4.74 Å². The number of nitrogens with zero attached hydrogens (tertiary/aromatic N) is 2. The van der Waals surface area contributed by atoms with Gasteiger partial charge in [-0.1, -0.05) is 0 Å². The molecule has 1 amide bonds. The molecule has 2 heterocycles. The molecule has 0 saturated carbocycles. The third-order valence-electron chi connectivity index (χ3n) is 3.90. The summed E-state index contributed by atoms with van der Waals surface area (Å²) in [5.74, 6) is -0.846. The Kier molecular flexibility index (Phi) is 5.59. The Morgan fingerprint density at radius 3 is 2.74 bits per heavy atom. The molecule has 128 valence electrons. The van der Waals surface area contributed by atoms with Crippen LogP contribution >= 0.6 is 0 Å². The Labute approximate surface area is 136 Å².